The third-order valence-corrected chi connectivity index (χ3v) is 13.7. The topological polar surface area (TPSA) is 3.24 Å². The molecule has 0 spiro atoms. The second-order valence-electron chi connectivity index (χ2n) is 6.51. The molecule has 122 valence electrons. The first kappa shape index (κ1) is 16.9. The molecule has 0 aliphatic heterocycles. The van der Waals surface area contributed by atoms with Crippen molar-refractivity contribution in [3.8, 4) is 0 Å². The summed E-state index contributed by atoms with van der Waals surface area (Å²) in [4.78, 5) is 0. The van der Waals surface area contributed by atoms with Crippen molar-refractivity contribution in [2.45, 2.75) is 13.1 Å². The molecule has 0 saturated carbocycles. The van der Waals surface area contributed by atoms with Gasteiger partial charge in [-0.05, 0) is 22.6 Å². The molecule has 0 bridgehead atoms. The van der Waals surface area contributed by atoms with Gasteiger partial charge in [-0.1, -0.05) is 104 Å². The molecular formula is C21H25NSi2. The van der Waals surface area contributed by atoms with Gasteiger partial charge in [0.25, 0.3) is 0 Å². The van der Waals surface area contributed by atoms with Crippen LogP contribution in [0.3, 0.4) is 0 Å². The summed E-state index contributed by atoms with van der Waals surface area (Å²) in [5, 5.41) is 4.39. The Morgan fingerprint density at radius 2 is 0.875 bits per heavy atom. The smallest absolute Gasteiger partial charge is 0.217 e. The Morgan fingerprint density at radius 3 is 1.12 bits per heavy atom. The SMILES string of the molecule is CN([SiH](C)C)[Si](c1ccccc1)(c1ccccc1)c1ccccc1. The van der Waals surface area contributed by atoms with Crippen molar-refractivity contribution in [2.24, 2.45) is 0 Å². The first-order chi connectivity index (χ1) is 11.7. The van der Waals surface area contributed by atoms with Gasteiger partial charge in [-0.3, -0.25) is 0 Å². The molecule has 0 unspecified atom stereocenters. The highest BCUT2D eigenvalue weighted by atomic mass is 28.4. The maximum absolute atomic E-state index is 2.74. The van der Waals surface area contributed by atoms with Gasteiger partial charge in [0.15, 0.2) is 0 Å². The van der Waals surface area contributed by atoms with Gasteiger partial charge in [0.05, 0.1) is 8.96 Å². The molecule has 3 aromatic carbocycles. The standard InChI is InChI=1S/C21H25NSi2/c1-22(23(2)3)24(19-13-7-4-8-14-19,20-15-9-5-10-16-20)21-17-11-6-12-18-21/h4-18,23H,1-3H3. The second kappa shape index (κ2) is 7.30. The molecule has 1 nitrogen and oxygen atoms in total. The van der Waals surface area contributed by atoms with Crippen LogP contribution in [0.2, 0.25) is 13.1 Å². The van der Waals surface area contributed by atoms with Crippen LogP contribution in [0.5, 0.6) is 0 Å². The summed E-state index contributed by atoms with van der Waals surface area (Å²) in [6, 6.07) is 33.3. The lowest BCUT2D eigenvalue weighted by Crippen LogP contribution is -2.78. The molecule has 24 heavy (non-hydrogen) atoms. The average Bonchev–Trinajstić information content (AvgIpc) is 2.65. The Morgan fingerprint density at radius 1 is 0.583 bits per heavy atom. The van der Waals surface area contributed by atoms with Crippen LogP contribution in [0.15, 0.2) is 91.0 Å². The van der Waals surface area contributed by atoms with Gasteiger partial charge >= 0.3 is 0 Å². The van der Waals surface area contributed by atoms with Crippen LogP contribution in [0.1, 0.15) is 0 Å². The summed E-state index contributed by atoms with van der Waals surface area (Å²) >= 11 is 0. The minimum Gasteiger partial charge on any atom is -0.340 e. The van der Waals surface area contributed by atoms with E-state index in [9.17, 15) is 0 Å². The highest BCUT2D eigenvalue weighted by Crippen LogP contribution is 2.13. The zero-order valence-corrected chi connectivity index (χ0v) is 16.8. The van der Waals surface area contributed by atoms with Crippen molar-refractivity contribution in [3.05, 3.63) is 91.0 Å². The molecule has 0 saturated heterocycles. The Kier molecular flexibility index (Phi) is 5.14. The predicted molar refractivity (Wildman–Crippen MR) is 111 cm³/mol. The van der Waals surface area contributed by atoms with Gasteiger partial charge in [-0.15, -0.1) is 0 Å². The molecule has 3 aromatic rings. The van der Waals surface area contributed by atoms with Gasteiger partial charge in [0.2, 0.25) is 8.24 Å². The van der Waals surface area contributed by atoms with Crippen LogP contribution in [-0.4, -0.2) is 28.5 Å². The third-order valence-electron chi connectivity index (χ3n) is 4.88. The third kappa shape index (κ3) is 2.91. The predicted octanol–water partition coefficient (Wildman–Crippen LogP) is 2.57. The van der Waals surface area contributed by atoms with Crippen molar-refractivity contribution in [2.75, 3.05) is 7.05 Å². The minimum atomic E-state index is -2.20. The van der Waals surface area contributed by atoms with E-state index in [-0.39, 0.29) is 0 Å². The number of benzene rings is 3. The van der Waals surface area contributed by atoms with Gasteiger partial charge in [-0.25, -0.2) is 0 Å². The van der Waals surface area contributed by atoms with Crippen molar-refractivity contribution < 1.29 is 0 Å². The molecule has 0 atom stereocenters. The maximum atomic E-state index is 2.74. The Hall–Kier alpha value is -1.95. The fraction of sp³-hybridized carbons (Fsp3) is 0.143. The molecule has 0 radical (unpaired) electrons. The zero-order chi connectivity index (χ0) is 17.0. The van der Waals surface area contributed by atoms with Gasteiger partial charge in [0.1, 0.15) is 0 Å². The van der Waals surface area contributed by atoms with E-state index in [1.807, 2.05) is 0 Å². The molecule has 3 heteroatoms. The second-order valence-corrected chi connectivity index (χ2v) is 13.8. The van der Waals surface area contributed by atoms with Crippen molar-refractivity contribution >= 4 is 32.8 Å². The first-order valence-electron chi connectivity index (χ1n) is 8.57. The number of rotatable bonds is 5. The summed E-state index contributed by atoms with van der Waals surface area (Å²) < 4.78 is 2.74. The van der Waals surface area contributed by atoms with E-state index in [0.29, 0.717) is 0 Å². The quantitative estimate of drug-likeness (QED) is 0.506. The average molecular weight is 348 g/mol. The largest absolute Gasteiger partial charge is 0.340 e. The summed E-state index contributed by atoms with van der Waals surface area (Å²) in [6.45, 7) is 4.85. The summed E-state index contributed by atoms with van der Waals surface area (Å²) in [5.41, 5.74) is 0. The molecule has 3 rings (SSSR count). The van der Waals surface area contributed by atoms with E-state index in [1.165, 1.54) is 15.6 Å². The van der Waals surface area contributed by atoms with Crippen LogP contribution < -0.4 is 15.6 Å². The lowest BCUT2D eigenvalue weighted by molar-refractivity contribution is 0.806. The molecule has 0 aliphatic rings. The van der Waals surface area contributed by atoms with Crippen LogP contribution in [0.25, 0.3) is 0 Å². The monoisotopic (exact) mass is 347 g/mol. The van der Waals surface area contributed by atoms with E-state index in [2.05, 4.69) is 115 Å². The van der Waals surface area contributed by atoms with Crippen molar-refractivity contribution in [1.29, 1.82) is 0 Å². The summed E-state index contributed by atoms with van der Waals surface area (Å²) in [6.07, 6.45) is 0. The van der Waals surface area contributed by atoms with Gasteiger partial charge in [0, 0.05) is 0 Å². The van der Waals surface area contributed by atoms with Crippen molar-refractivity contribution in [1.82, 2.24) is 4.23 Å². The molecule has 0 aliphatic carbocycles. The van der Waals surface area contributed by atoms with E-state index in [4.69, 9.17) is 0 Å². The number of hydrogen-bond donors (Lipinski definition) is 0. The number of hydrogen-bond acceptors (Lipinski definition) is 1. The van der Waals surface area contributed by atoms with Crippen LogP contribution in [0.4, 0.5) is 0 Å². The molecule has 0 aromatic heterocycles. The van der Waals surface area contributed by atoms with Crippen LogP contribution in [0, 0.1) is 0 Å². The molecule has 0 amide bonds. The normalized spacial score (nSPS) is 11.9. The fourth-order valence-corrected chi connectivity index (χ4v) is 12.2. The first-order valence-corrected chi connectivity index (χ1v) is 13.3. The van der Waals surface area contributed by atoms with Gasteiger partial charge in [-0.2, -0.15) is 0 Å². The Balaban J connectivity index is 2.37. The molecule has 0 fully saturated rings. The fourth-order valence-electron chi connectivity index (χ4n) is 3.54. The minimum absolute atomic E-state index is 1.00. The maximum Gasteiger partial charge on any atom is 0.217 e. The van der Waals surface area contributed by atoms with Crippen molar-refractivity contribution in [3.63, 3.8) is 0 Å². The van der Waals surface area contributed by atoms with E-state index in [1.54, 1.807) is 0 Å². The van der Waals surface area contributed by atoms with Crippen LogP contribution in [-0.2, 0) is 0 Å². The van der Waals surface area contributed by atoms with E-state index < -0.39 is 17.2 Å². The Labute approximate surface area is 148 Å². The lowest BCUT2D eigenvalue weighted by atomic mass is 10.3. The molecular weight excluding hydrogens is 322 g/mol. The summed E-state index contributed by atoms with van der Waals surface area (Å²) in [5.74, 6) is 0. The summed E-state index contributed by atoms with van der Waals surface area (Å²) in [7, 11) is -0.856. The van der Waals surface area contributed by atoms with E-state index in [0.717, 1.165) is 0 Å². The highest BCUT2D eigenvalue weighted by Gasteiger charge is 2.44. The lowest BCUT2D eigenvalue weighted by Gasteiger charge is -2.43. The highest BCUT2D eigenvalue weighted by molar-refractivity contribution is 7.12. The molecule has 0 N–H and O–H groups in total. The zero-order valence-electron chi connectivity index (χ0n) is 14.7. The Bertz CT molecular complexity index is 661. The van der Waals surface area contributed by atoms with Gasteiger partial charge < -0.3 is 4.23 Å². The van der Waals surface area contributed by atoms with E-state index >= 15 is 0 Å². The van der Waals surface area contributed by atoms with Crippen LogP contribution >= 0.6 is 0 Å². The molecule has 0 heterocycles. The number of nitrogens with zero attached hydrogens (tertiary/aromatic N) is 1.